The van der Waals surface area contributed by atoms with Gasteiger partial charge < -0.3 is 16.0 Å². The molecular weight excluding hydrogens is 242 g/mol. The fraction of sp³-hybridized carbons (Fsp3) is 0.857. The number of piperidine rings is 1. The minimum absolute atomic E-state index is 0.0173. The maximum Gasteiger partial charge on any atom is 0.221 e. The highest BCUT2D eigenvalue weighted by molar-refractivity contribution is 5.77. The first-order valence-electron chi connectivity index (χ1n) is 7.00. The summed E-state index contributed by atoms with van der Waals surface area (Å²) in [6.07, 6.45) is 2.02. The van der Waals surface area contributed by atoms with E-state index in [-0.39, 0.29) is 29.3 Å². The molecule has 1 saturated heterocycles. The molecule has 110 valence electrons. The Labute approximate surface area is 115 Å². The molecule has 0 radical (unpaired) electrons. The van der Waals surface area contributed by atoms with E-state index in [2.05, 4.69) is 5.32 Å². The monoisotopic (exact) mass is 269 g/mol. The number of likely N-dealkylation sites (tertiary alicyclic amines) is 1. The van der Waals surface area contributed by atoms with E-state index in [1.54, 1.807) is 6.92 Å². The number of nitrogens with one attached hydrogen (secondary N) is 1. The molecule has 0 aromatic heterocycles. The standard InChI is InChI=1S/C14H27N3O2/c1-10(18)17-7-5-11(6-8-17)16-13(19)9-12(15)14(2,3)4/h11-12H,5-9,15H2,1-4H3,(H,16,19). The predicted molar refractivity (Wildman–Crippen MR) is 75.5 cm³/mol. The van der Waals surface area contributed by atoms with Crippen molar-refractivity contribution in [2.24, 2.45) is 11.1 Å². The molecule has 1 aliphatic heterocycles. The number of nitrogens with zero attached hydrogens (tertiary/aromatic N) is 1. The molecule has 0 saturated carbocycles. The molecule has 3 N–H and O–H groups in total. The Morgan fingerprint density at radius 3 is 2.26 bits per heavy atom. The molecule has 0 aromatic carbocycles. The quantitative estimate of drug-likeness (QED) is 0.798. The Kier molecular flexibility index (Phi) is 5.35. The van der Waals surface area contributed by atoms with E-state index in [9.17, 15) is 9.59 Å². The maximum absolute atomic E-state index is 11.9. The van der Waals surface area contributed by atoms with Crippen LogP contribution in [0.15, 0.2) is 0 Å². The molecule has 0 bridgehead atoms. The van der Waals surface area contributed by atoms with Gasteiger partial charge in [-0.15, -0.1) is 0 Å². The molecule has 0 aliphatic carbocycles. The number of rotatable bonds is 3. The van der Waals surface area contributed by atoms with E-state index < -0.39 is 0 Å². The second-order valence-corrected chi connectivity index (χ2v) is 6.52. The van der Waals surface area contributed by atoms with Gasteiger partial charge in [-0.2, -0.15) is 0 Å². The average molecular weight is 269 g/mol. The summed E-state index contributed by atoms with van der Waals surface area (Å²) in [6.45, 7) is 9.15. The van der Waals surface area contributed by atoms with E-state index in [1.165, 1.54) is 0 Å². The molecule has 5 nitrogen and oxygen atoms in total. The van der Waals surface area contributed by atoms with E-state index in [0.717, 1.165) is 25.9 Å². The Bertz CT molecular complexity index is 328. The molecule has 19 heavy (non-hydrogen) atoms. The number of amides is 2. The van der Waals surface area contributed by atoms with Crippen molar-refractivity contribution in [1.29, 1.82) is 0 Å². The van der Waals surface area contributed by atoms with Crippen molar-refractivity contribution < 1.29 is 9.59 Å². The van der Waals surface area contributed by atoms with Crippen molar-refractivity contribution in [1.82, 2.24) is 10.2 Å². The Morgan fingerprint density at radius 2 is 1.84 bits per heavy atom. The lowest BCUT2D eigenvalue weighted by molar-refractivity contribution is -0.130. The summed E-state index contributed by atoms with van der Waals surface area (Å²) < 4.78 is 0. The predicted octanol–water partition coefficient (Wildman–Crippen LogP) is 0.877. The zero-order valence-corrected chi connectivity index (χ0v) is 12.5. The Balaban J connectivity index is 2.33. The third-order valence-corrected chi connectivity index (χ3v) is 3.82. The lowest BCUT2D eigenvalue weighted by Gasteiger charge is -2.32. The number of nitrogens with two attached hydrogens (primary N) is 1. The van der Waals surface area contributed by atoms with Gasteiger partial charge >= 0.3 is 0 Å². The van der Waals surface area contributed by atoms with E-state index in [1.807, 2.05) is 25.7 Å². The van der Waals surface area contributed by atoms with Crippen molar-refractivity contribution in [3.63, 3.8) is 0 Å². The molecule has 2 amide bonds. The third kappa shape index (κ3) is 5.19. The molecular formula is C14H27N3O2. The SMILES string of the molecule is CC(=O)N1CCC(NC(=O)CC(N)C(C)(C)C)CC1. The highest BCUT2D eigenvalue weighted by Gasteiger charge is 2.26. The van der Waals surface area contributed by atoms with E-state index >= 15 is 0 Å². The number of carbonyl (C=O) groups excluding carboxylic acids is 2. The number of hydrogen-bond acceptors (Lipinski definition) is 3. The van der Waals surface area contributed by atoms with Crippen molar-refractivity contribution in [2.45, 2.75) is 59.0 Å². The first-order chi connectivity index (χ1) is 8.70. The minimum Gasteiger partial charge on any atom is -0.353 e. The molecule has 1 fully saturated rings. The molecule has 0 aromatic rings. The van der Waals surface area contributed by atoms with Gasteiger partial charge in [0.1, 0.15) is 0 Å². The highest BCUT2D eigenvalue weighted by atomic mass is 16.2. The first-order valence-corrected chi connectivity index (χ1v) is 7.00. The molecule has 1 rings (SSSR count). The highest BCUT2D eigenvalue weighted by Crippen LogP contribution is 2.20. The molecule has 1 heterocycles. The van der Waals surface area contributed by atoms with Crippen LogP contribution < -0.4 is 11.1 Å². The van der Waals surface area contributed by atoms with Crippen molar-refractivity contribution >= 4 is 11.8 Å². The maximum atomic E-state index is 11.9. The molecule has 5 heteroatoms. The van der Waals surface area contributed by atoms with E-state index in [0.29, 0.717) is 6.42 Å². The number of carbonyl (C=O) groups is 2. The van der Waals surface area contributed by atoms with Crippen LogP contribution in [-0.2, 0) is 9.59 Å². The topological polar surface area (TPSA) is 75.4 Å². The van der Waals surface area contributed by atoms with Crippen LogP contribution in [-0.4, -0.2) is 41.9 Å². The van der Waals surface area contributed by atoms with Crippen LogP contribution >= 0.6 is 0 Å². The van der Waals surface area contributed by atoms with Crippen molar-refractivity contribution in [3.8, 4) is 0 Å². The van der Waals surface area contributed by atoms with Gasteiger partial charge in [0.2, 0.25) is 11.8 Å². The van der Waals surface area contributed by atoms with Gasteiger partial charge in [-0.3, -0.25) is 9.59 Å². The zero-order chi connectivity index (χ0) is 14.6. The third-order valence-electron chi connectivity index (χ3n) is 3.82. The summed E-state index contributed by atoms with van der Waals surface area (Å²) in [4.78, 5) is 24.9. The Morgan fingerprint density at radius 1 is 1.32 bits per heavy atom. The summed E-state index contributed by atoms with van der Waals surface area (Å²) in [7, 11) is 0. The van der Waals surface area contributed by atoms with Gasteiger partial charge in [-0.25, -0.2) is 0 Å². The summed E-state index contributed by atoms with van der Waals surface area (Å²) in [6, 6.07) is 0.0417. The summed E-state index contributed by atoms with van der Waals surface area (Å²) in [5.74, 6) is 0.128. The van der Waals surface area contributed by atoms with Crippen LogP contribution in [0.1, 0.15) is 47.0 Å². The van der Waals surface area contributed by atoms with Gasteiger partial charge in [0, 0.05) is 38.5 Å². The van der Waals surface area contributed by atoms with Crippen LogP contribution in [0.2, 0.25) is 0 Å². The first kappa shape index (κ1) is 16.0. The minimum atomic E-state index is -0.134. The smallest absolute Gasteiger partial charge is 0.221 e. The Hall–Kier alpha value is -1.10. The van der Waals surface area contributed by atoms with Crippen molar-refractivity contribution in [3.05, 3.63) is 0 Å². The van der Waals surface area contributed by atoms with Crippen LogP contribution in [0.4, 0.5) is 0 Å². The molecule has 0 spiro atoms. The zero-order valence-electron chi connectivity index (χ0n) is 12.5. The van der Waals surface area contributed by atoms with Crippen LogP contribution in [0.5, 0.6) is 0 Å². The largest absolute Gasteiger partial charge is 0.353 e. The normalized spacial score (nSPS) is 19.1. The number of hydrogen-bond donors (Lipinski definition) is 2. The van der Waals surface area contributed by atoms with Gasteiger partial charge in [0.05, 0.1) is 0 Å². The average Bonchev–Trinajstić information content (AvgIpc) is 2.28. The van der Waals surface area contributed by atoms with Gasteiger partial charge in [-0.05, 0) is 18.3 Å². The van der Waals surface area contributed by atoms with E-state index in [4.69, 9.17) is 5.73 Å². The second kappa shape index (κ2) is 6.37. The summed E-state index contributed by atoms with van der Waals surface area (Å²) in [5.41, 5.74) is 5.94. The van der Waals surface area contributed by atoms with Crippen LogP contribution in [0, 0.1) is 5.41 Å². The molecule has 1 unspecified atom stereocenters. The summed E-state index contributed by atoms with van der Waals surface area (Å²) >= 11 is 0. The molecule has 1 atom stereocenters. The van der Waals surface area contributed by atoms with Crippen LogP contribution in [0.25, 0.3) is 0 Å². The van der Waals surface area contributed by atoms with Gasteiger partial charge in [0.15, 0.2) is 0 Å². The molecule has 1 aliphatic rings. The van der Waals surface area contributed by atoms with Gasteiger partial charge in [0.25, 0.3) is 0 Å². The van der Waals surface area contributed by atoms with Crippen molar-refractivity contribution in [2.75, 3.05) is 13.1 Å². The second-order valence-electron chi connectivity index (χ2n) is 6.52. The lowest BCUT2D eigenvalue weighted by atomic mass is 9.85. The van der Waals surface area contributed by atoms with Gasteiger partial charge in [-0.1, -0.05) is 20.8 Å². The van der Waals surface area contributed by atoms with Crippen LogP contribution in [0.3, 0.4) is 0 Å². The fourth-order valence-corrected chi connectivity index (χ4v) is 2.13. The fourth-order valence-electron chi connectivity index (χ4n) is 2.13. The summed E-state index contributed by atoms with van der Waals surface area (Å²) in [5, 5.41) is 3.02. The lowest BCUT2D eigenvalue weighted by Crippen LogP contribution is -2.48.